The number of hydrogen-bond acceptors (Lipinski definition) is 3. The Labute approximate surface area is 168 Å². The lowest BCUT2D eigenvalue weighted by Crippen LogP contribution is -2.21. The maximum absolute atomic E-state index is 12.3. The van der Waals surface area contributed by atoms with Crippen LogP contribution in [-0.4, -0.2) is 11.8 Å². The molecule has 0 saturated heterocycles. The van der Waals surface area contributed by atoms with E-state index in [2.05, 4.69) is 10.6 Å². The SMILES string of the molecule is Cc1ccc(NC(=O)CC(=O)Nc2ccccc2Oc2ccccc2)cc1Cl. The van der Waals surface area contributed by atoms with Gasteiger partial charge in [0.15, 0.2) is 5.75 Å². The van der Waals surface area contributed by atoms with Crippen LogP contribution < -0.4 is 15.4 Å². The van der Waals surface area contributed by atoms with E-state index in [9.17, 15) is 9.59 Å². The predicted octanol–water partition coefficient (Wildman–Crippen LogP) is 5.41. The molecule has 0 spiro atoms. The molecule has 3 aromatic carbocycles. The lowest BCUT2D eigenvalue weighted by Gasteiger charge is -2.12. The average molecular weight is 395 g/mol. The Morgan fingerprint density at radius 3 is 2.32 bits per heavy atom. The summed E-state index contributed by atoms with van der Waals surface area (Å²) in [5.74, 6) is 0.268. The van der Waals surface area contributed by atoms with Gasteiger partial charge in [0.2, 0.25) is 11.8 Å². The Morgan fingerprint density at radius 1 is 0.893 bits per heavy atom. The summed E-state index contributed by atoms with van der Waals surface area (Å²) in [4.78, 5) is 24.4. The fourth-order valence-electron chi connectivity index (χ4n) is 2.49. The highest BCUT2D eigenvalue weighted by Crippen LogP contribution is 2.29. The summed E-state index contributed by atoms with van der Waals surface area (Å²) in [6.45, 7) is 1.87. The zero-order chi connectivity index (χ0) is 19.9. The van der Waals surface area contributed by atoms with Crippen molar-refractivity contribution in [3.63, 3.8) is 0 Å². The number of amides is 2. The molecule has 0 fully saturated rings. The van der Waals surface area contributed by atoms with Crippen molar-refractivity contribution in [3.8, 4) is 11.5 Å². The summed E-state index contributed by atoms with van der Waals surface area (Å²) in [5.41, 5.74) is 1.94. The van der Waals surface area contributed by atoms with Crippen molar-refractivity contribution in [3.05, 3.63) is 83.4 Å². The molecule has 0 heterocycles. The van der Waals surface area contributed by atoms with Crippen LogP contribution in [0.15, 0.2) is 72.8 Å². The first kappa shape index (κ1) is 19.5. The summed E-state index contributed by atoms with van der Waals surface area (Å²) in [6, 6.07) is 21.5. The molecule has 3 aromatic rings. The number of hydrogen-bond donors (Lipinski definition) is 2. The molecule has 0 aliphatic heterocycles. The molecular weight excluding hydrogens is 376 g/mol. The zero-order valence-electron chi connectivity index (χ0n) is 15.2. The number of halogens is 1. The van der Waals surface area contributed by atoms with Crippen molar-refractivity contribution in [2.24, 2.45) is 0 Å². The minimum Gasteiger partial charge on any atom is -0.455 e. The Morgan fingerprint density at radius 2 is 1.57 bits per heavy atom. The minimum absolute atomic E-state index is 0.328. The lowest BCUT2D eigenvalue weighted by molar-refractivity contribution is -0.123. The van der Waals surface area contributed by atoms with Gasteiger partial charge in [0.1, 0.15) is 12.2 Å². The Bertz CT molecular complexity index is 990. The first-order chi connectivity index (χ1) is 13.5. The highest BCUT2D eigenvalue weighted by Gasteiger charge is 2.13. The van der Waals surface area contributed by atoms with E-state index in [1.165, 1.54) is 0 Å². The molecule has 2 N–H and O–H groups in total. The molecule has 28 heavy (non-hydrogen) atoms. The first-order valence-electron chi connectivity index (χ1n) is 8.69. The third-order valence-electron chi connectivity index (χ3n) is 3.91. The summed E-state index contributed by atoms with van der Waals surface area (Å²) >= 11 is 6.05. The number of carbonyl (C=O) groups is 2. The predicted molar refractivity (Wildman–Crippen MR) is 111 cm³/mol. The van der Waals surface area contributed by atoms with E-state index >= 15 is 0 Å². The van der Waals surface area contributed by atoms with E-state index in [1.807, 2.05) is 43.3 Å². The molecule has 2 amide bonds. The van der Waals surface area contributed by atoms with Gasteiger partial charge in [-0.2, -0.15) is 0 Å². The number of ether oxygens (including phenoxy) is 1. The van der Waals surface area contributed by atoms with Gasteiger partial charge in [-0.25, -0.2) is 0 Å². The standard InChI is InChI=1S/C22H19ClN2O3/c1-15-11-12-16(13-18(15)23)24-21(26)14-22(27)25-19-9-5-6-10-20(19)28-17-7-3-2-4-8-17/h2-13H,14H2,1H3,(H,24,26)(H,25,27). The van der Waals surface area contributed by atoms with Gasteiger partial charge in [-0.15, -0.1) is 0 Å². The van der Waals surface area contributed by atoms with Crippen molar-refractivity contribution in [1.82, 2.24) is 0 Å². The summed E-state index contributed by atoms with van der Waals surface area (Å²) in [7, 11) is 0. The highest BCUT2D eigenvalue weighted by atomic mass is 35.5. The fraction of sp³-hybridized carbons (Fsp3) is 0.0909. The van der Waals surface area contributed by atoms with E-state index < -0.39 is 11.8 Å². The Hall–Kier alpha value is -3.31. The number of aryl methyl sites for hydroxylation is 1. The van der Waals surface area contributed by atoms with Crippen molar-refractivity contribution < 1.29 is 14.3 Å². The van der Waals surface area contributed by atoms with Crippen LogP contribution in [0.5, 0.6) is 11.5 Å². The van der Waals surface area contributed by atoms with Crippen LogP contribution in [0.2, 0.25) is 5.02 Å². The minimum atomic E-state index is -0.445. The van der Waals surface area contributed by atoms with Gasteiger partial charge in [-0.1, -0.05) is 48.0 Å². The fourth-order valence-corrected chi connectivity index (χ4v) is 2.67. The molecule has 0 saturated carbocycles. The maximum Gasteiger partial charge on any atom is 0.233 e. The molecule has 0 unspecified atom stereocenters. The first-order valence-corrected chi connectivity index (χ1v) is 9.07. The van der Waals surface area contributed by atoms with Crippen LogP contribution in [0.1, 0.15) is 12.0 Å². The van der Waals surface area contributed by atoms with Gasteiger partial charge < -0.3 is 15.4 Å². The molecule has 0 bridgehead atoms. The lowest BCUT2D eigenvalue weighted by atomic mass is 10.2. The number of rotatable bonds is 6. The maximum atomic E-state index is 12.3. The van der Waals surface area contributed by atoms with Gasteiger partial charge in [0.05, 0.1) is 5.69 Å². The molecule has 0 radical (unpaired) electrons. The van der Waals surface area contributed by atoms with E-state index in [0.717, 1.165) is 5.56 Å². The summed E-state index contributed by atoms with van der Waals surface area (Å²) in [5, 5.41) is 5.93. The van der Waals surface area contributed by atoms with Crippen LogP contribution in [0.25, 0.3) is 0 Å². The molecule has 0 aliphatic rings. The second-order valence-corrected chi connectivity index (χ2v) is 6.56. The monoisotopic (exact) mass is 394 g/mol. The molecule has 142 valence electrons. The van der Waals surface area contributed by atoms with Crippen molar-refractivity contribution in [1.29, 1.82) is 0 Å². The molecule has 0 atom stereocenters. The topological polar surface area (TPSA) is 67.4 Å². The summed E-state index contributed by atoms with van der Waals surface area (Å²) < 4.78 is 5.81. The molecule has 0 aliphatic carbocycles. The molecular formula is C22H19ClN2O3. The van der Waals surface area contributed by atoms with E-state index in [-0.39, 0.29) is 6.42 Å². The number of nitrogens with one attached hydrogen (secondary N) is 2. The van der Waals surface area contributed by atoms with Crippen molar-refractivity contribution in [2.45, 2.75) is 13.3 Å². The van der Waals surface area contributed by atoms with Crippen LogP contribution in [-0.2, 0) is 9.59 Å². The van der Waals surface area contributed by atoms with E-state index in [1.54, 1.807) is 36.4 Å². The van der Waals surface area contributed by atoms with Crippen LogP contribution in [0.4, 0.5) is 11.4 Å². The highest BCUT2D eigenvalue weighted by molar-refractivity contribution is 6.31. The van der Waals surface area contributed by atoms with Crippen molar-refractivity contribution in [2.75, 3.05) is 10.6 Å². The quantitative estimate of drug-likeness (QED) is 0.549. The number of benzene rings is 3. The van der Waals surface area contributed by atoms with Gasteiger partial charge in [-0.05, 0) is 48.9 Å². The van der Waals surface area contributed by atoms with Gasteiger partial charge >= 0.3 is 0 Å². The van der Waals surface area contributed by atoms with Crippen LogP contribution >= 0.6 is 11.6 Å². The van der Waals surface area contributed by atoms with E-state index in [0.29, 0.717) is 27.9 Å². The van der Waals surface area contributed by atoms with Crippen molar-refractivity contribution >= 4 is 34.8 Å². The normalized spacial score (nSPS) is 10.2. The number of para-hydroxylation sites is 3. The Balaban J connectivity index is 1.61. The Kier molecular flexibility index (Phi) is 6.29. The molecule has 6 heteroatoms. The van der Waals surface area contributed by atoms with Gasteiger partial charge in [0, 0.05) is 10.7 Å². The summed E-state index contributed by atoms with van der Waals surface area (Å²) in [6.07, 6.45) is -0.328. The van der Waals surface area contributed by atoms with Gasteiger partial charge in [-0.3, -0.25) is 9.59 Å². The largest absolute Gasteiger partial charge is 0.455 e. The third kappa shape index (κ3) is 5.34. The van der Waals surface area contributed by atoms with Gasteiger partial charge in [0.25, 0.3) is 0 Å². The molecule has 3 rings (SSSR count). The number of carbonyl (C=O) groups excluding carboxylic acids is 2. The second kappa shape index (κ2) is 9.06. The van der Waals surface area contributed by atoms with E-state index in [4.69, 9.17) is 16.3 Å². The smallest absolute Gasteiger partial charge is 0.233 e. The molecule has 5 nitrogen and oxygen atoms in total. The zero-order valence-corrected chi connectivity index (χ0v) is 16.0. The molecule has 0 aromatic heterocycles. The van der Waals surface area contributed by atoms with Crippen LogP contribution in [0, 0.1) is 6.92 Å². The van der Waals surface area contributed by atoms with Crippen LogP contribution in [0.3, 0.4) is 0 Å². The average Bonchev–Trinajstić information content (AvgIpc) is 2.67. The second-order valence-electron chi connectivity index (χ2n) is 6.15. The third-order valence-corrected chi connectivity index (χ3v) is 4.32. The number of anilines is 2.